The highest BCUT2D eigenvalue weighted by Crippen LogP contribution is 2.17. The van der Waals surface area contributed by atoms with E-state index in [9.17, 15) is 4.79 Å². The Morgan fingerprint density at radius 1 is 1.33 bits per heavy atom. The Morgan fingerprint density at radius 2 is 2.13 bits per heavy atom. The number of nitrogen functional groups attached to an aromatic ring is 1. The van der Waals surface area contributed by atoms with Crippen molar-refractivity contribution in [2.75, 3.05) is 5.73 Å². The largest absolute Gasteiger partial charge is 0.382 e. The summed E-state index contributed by atoms with van der Waals surface area (Å²) < 4.78 is 1.28. The minimum atomic E-state index is -0.277. The van der Waals surface area contributed by atoms with E-state index in [2.05, 4.69) is 10.1 Å². The molecular formula is C10H8N4O. The third-order valence-corrected chi connectivity index (χ3v) is 2.37. The average molecular weight is 200 g/mol. The molecule has 2 aromatic heterocycles. The number of para-hydroxylation sites is 1. The summed E-state index contributed by atoms with van der Waals surface area (Å²) in [5.41, 5.74) is 6.80. The minimum Gasteiger partial charge on any atom is -0.382 e. The molecule has 15 heavy (non-hydrogen) atoms. The predicted molar refractivity (Wildman–Crippen MR) is 57.7 cm³/mol. The molecule has 2 heterocycles. The summed E-state index contributed by atoms with van der Waals surface area (Å²) >= 11 is 0. The number of nitrogens with two attached hydrogens (primary N) is 1. The fourth-order valence-electron chi connectivity index (χ4n) is 1.73. The third kappa shape index (κ3) is 1.03. The van der Waals surface area contributed by atoms with Crippen LogP contribution in [-0.2, 0) is 0 Å². The SMILES string of the molecule is Nc1cc2c3ccccc3[nH]c(=O)n2n1. The number of hydrogen-bond donors (Lipinski definition) is 2. The van der Waals surface area contributed by atoms with Gasteiger partial charge in [-0.15, -0.1) is 5.10 Å². The Bertz CT molecular complexity index is 710. The molecule has 0 aliphatic heterocycles. The molecule has 0 spiro atoms. The van der Waals surface area contributed by atoms with Gasteiger partial charge in [-0.3, -0.25) is 0 Å². The van der Waals surface area contributed by atoms with Crippen LogP contribution in [0.2, 0.25) is 0 Å². The fraction of sp³-hybridized carbons (Fsp3) is 0. The zero-order valence-electron chi connectivity index (χ0n) is 7.77. The Hall–Kier alpha value is -2.30. The van der Waals surface area contributed by atoms with Crippen LogP contribution < -0.4 is 11.4 Å². The number of H-pyrrole nitrogens is 1. The summed E-state index contributed by atoms with van der Waals surface area (Å²) in [5.74, 6) is 0.344. The second kappa shape index (κ2) is 2.60. The maximum absolute atomic E-state index is 11.6. The van der Waals surface area contributed by atoms with Gasteiger partial charge in [0.25, 0.3) is 0 Å². The molecule has 0 unspecified atom stereocenters. The molecular weight excluding hydrogens is 192 g/mol. The van der Waals surface area contributed by atoms with Crippen molar-refractivity contribution >= 4 is 22.2 Å². The van der Waals surface area contributed by atoms with Crippen molar-refractivity contribution in [2.45, 2.75) is 0 Å². The van der Waals surface area contributed by atoms with Crippen molar-refractivity contribution in [1.29, 1.82) is 0 Å². The number of rotatable bonds is 0. The van der Waals surface area contributed by atoms with Gasteiger partial charge in [-0.1, -0.05) is 18.2 Å². The molecule has 3 aromatic rings. The molecule has 0 fully saturated rings. The van der Waals surface area contributed by atoms with Gasteiger partial charge in [0.1, 0.15) is 5.82 Å². The molecule has 0 aliphatic carbocycles. The summed E-state index contributed by atoms with van der Waals surface area (Å²) in [7, 11) is 0. The summed E-state index contributed by atoms with van der Waals surface area (Å²) in [4.78, 5) is 14.3. The number of fused-ring (bicyclic) bond motifs is 3. The number of benzene rings is 1. The van der Waals surface area contributed by atoms with E-state index in [0.29, 0.717) is 5.82 Å². The maximum atomic E-state index is 11.6. The van der Waals surface area contributed by atoms with Gasteiger partial charge in [-0.25, -0.2) is 4.79 Å². The van der Waals surface area contributed by atoms with E-state index in [1.807, 2.05) is 24.3 Å². The molecule has 3 rings (SSSR count). The lowest BCUT2D eigenvalue weighted by Crippen LogP contribution is -2.17. The van der Waals surface area contributed by atoms with Crippen molar-refractivity contribution < 1.29 is 0 Å². The average Bonchev–Trinajstić information content (AvgIpc) is 2.61. The minimum absolute atomic E-state index is 0.277. The number of aromatic amines is 1. The molecule has 74 valence electrons. The number of hydrogen-bond acceptors (Lipinski definition) is 3. The van der Waals surface area contributed by atoms with Crippen LogP contribution in [-0.4, -0.2) is 14.6 Å². The lowest BCUT2D eigenvalue weighted by molar-refractivity contribution is 0.887. The molecule has 3 N–H and O–H groups in total. The van der Waals surface area contributed by atoms with Crippen LogP contribution in [0.3, 0.4) is 0 Å². The molecule has 0 atom stereocenters. The number of anilines is 1. The molecule has 0 saturated carbocycles. The van der Waals surface area contributed by atoms with E-state index in [1.165, 1.54) is 4.52 Å². The highest BCUT2D eigenvalue weighted by Gasteiger charge is 2.06. The van der Waals surface area contributed by atoms with E-state index in [1.54, 1.807) is 6.07 Å². The van der Waals surface area contributed by atoms with Gasteiger partial charge in [0.05, 0.1) is 11.0 Å². The molecule has 5 nitrogen and oxygen atoms in total. The van der Waals surface area contributed by atoms with Crippen molar-refractivity contribution in [3.05, 3.63) is 40.8 Å². The van der Waals surface area contributed by atoms with Crippen LogP contribution in [0.5, 0.6) is 0 Å². The molecule has 0 aliphatic rings. The van der Waals surface area contributed by atoms with Gasteiger partial charge in [-0.2, -0.15) is 4.52 Å². The van der Waals surface area contributed by atoms with Crippen molar-refractivity contribution in [3.8, 4) is 0 Å². The van der Waals surface area contributed by atoms with E-state index in [0.717, 1.165) is 16.4 Å². The van der Waals surface area contributed by atoms with Gasteiger partial charge in [0.2, 0.25) is 0 Å². The van der Waals surface area contributed by atoms with E-state index in [-0.39, 0.29) is 5.69 Å². The molecule has 0 saturated heterocycles. The first-order chi connectivity index (χ1) is 7.25. The zero-order chi connectivity index (χ0) is 10.4. The summed E-state index contributed by atoms with van der Waals surface area (Å²) in [5, 5.41) is 4.85. The predicted octanol–water partition coefficient (Wildman–Crippen LogP) is 0.758. The van der Waals surface area contributed by atoms with Crippen LogP contribution in [0.4, 0.5) is 5.82 Å². The fourth-order valence-corrected chi connectivity index (χ4v) is 1.73. The highest BCUT2D eigenvalue weighted by molar-refractivity contribution is 5.93. The van der Waals surface area contributed by atoms with Gasteiger partial charge in [0.15, 0.2) is 0 Å². The first-order valence-electron chi connectivity index (χ1n) is 4.52. The zero-order valence-corrected chi connectivity index (χ0v) is 7.77. The van der Waals surface area contributed by atoms with Crippen LogP contribution in [0.25, 0.3) is 16.4 Å². The quantitative estimate of drug-likeness (QED) is 0.562. The van der Waals surface area contributed by atoms with E-state index < -0.39 is 0 Å². The smallest absolute Gasteiger partial charge is 0.347 e. The third-order valence-electron chi connectivity index (χ3n) is 2.37. The van der Waals surface area contributed by atoms with Gasteiger partial charge in [-0.05, 0) is 6.07 Å². The summed E-state index contributed by atoms with van der Waals surface area (Å²) in [6.45, 7) is 0. The topological polar surface area (TPSA) is 76.2 Å². The van der Waals surface area contributed by atoms with Crippen molar-refractivity contribution in [3.63, 3.8) is 0 Å². The van der Waals surface area contributed by atoms with Crippen LogP contribution >= 0.6 is 0 Å². The second-order valence-electron chi connectivity index (χ2n) is 3.34. The number of nitrogens with zero attached hydrogens (tertiary/aromatic N) is 2. The second-order valence-corrected chi connectivity index (χ2v) is 3.34. The maximum Gasteiger partial charge on any atom is 0.347 e. The van der Waals surface area contributed by atoms with Crippen molar-refractivity contribution in [2.24, 2.45) is 0 Å². The summed E-state index contributed by atoms with van der Waals surface area (Å²) in [6, 6.07) is 9.23. The first kappa shape index (κ1) is 8.05. The molecule has 0 bridgehead atoms. The van der Waals surface area contributed by atoms with Gasteiger partial charge in [0, 0.05) is 11.5 Å². The number of nitrogens with one attached hydrogen (secondary N) is 1. The Labute approximate surface area is 84.1 Å². The highest BCUT2D eigenvalue weighted by atomic mass is 16.1. The first-order valence-corrected chi connectivity index (χ1v) is 4.52. The molecule has 1 aromatic carbocycles. The lowest BCUT2D eigenvalue weighted by atomic mass is 10.2. The Morgan fingerprint density at radius 3 is 3.00 bits per heavy atom. The lowest BCUT2D eigenvalue weighted by Gasteiger charge is -1.98. The normalized spacial score (nSPS) is 11.2. The standard InChI is InChI=1S/C10H8N4O/c11-9-5-8-6-3-1-2-4-7(6)12-10(15)14(8)13-9/h1-5H,(H2,11,13)(H,12,15). The van der Waals surface area contributed by atoms with Gasteiger partial charge >= 0.3 is 5.69 Å². The molecule has 0 amide bonds. The van der Waals surface area contributed by atoms with E-state index in [4.69, 9.17) is 5.73 Å². The Balaban J connectivity index is 2.69. The van der Waals surface area contributed by atoms with Crippen LogP contribution in [0.15, 0.2) is 35.1 Å². The van der Waals surface area contributed by atoms with Crippen molar-refractivity contribution in [1.82, 2.24) is 14.6 Å². The van der Waals surface area contributed by atoms with Crippen LogP contribution in [0.1, 0.15) is 0 Å². The molecule has 0 radical (unpaired) electrons. The van der Waals surface area contributed by atoms with E-state index >= 15 is 0 Å². The summed E-state index contributed by atoms with van der Waals surface area (Å²) in [6.07, 6.45) is 0. The van der Waals surface area contributed by atoms with Gasteiger partial charge < -0.3 is 10.7 Å². The van der Waals surface area contributed by atoms with Crippen LogP contribution in [0, 0.1) is 0 Å². The molecule has 5 heteroatoms. The monoisotopic (exact) mass is 200 g/mol. The number of aromatic nitrogens is 3. The Kier molecular flexibility index (Phi) is 1.39.